The van der Waals surface area contributed by atoms with Crippen molar-refractivity contribution in [3.63, 3.8) is 0 Å². The maximum Gasteiger partial charge on any atom is 0.187 e. The maximum absolute atomic E-state index is 10.2. The molecule has 0 aromatic heterocycles. The van der Waals surface area contributed by atoms with Crippen LogP contribution in [-0.2, 0) is 14.2 Å². The summed E-state index contributed by atoms with van der Waals surface area (Å²) in [5.41, 5.74) is 0. The highest BCUT2D eigenvalue weighted by Gasteiger charge is 2.50. The fraction of sp³-hybridized carbons (Fsp3) is 1.00. The first-order valence-electron chi connectivity index (χ1n) is 7.61. The van der Waals surface area contributed by atoms with E-state index in [0.717, 1.165) is 0 Å². The number of aliphatic hydroxyl groups excluding tert-OH is 7. The number of ether oxygens (including phenoxy) is 3. The first kappa shape index (κ1) is 19.9. The zero-order chi connectivity index (χ0) is 18.0. The fourth-order valence-electron chi connectivity index (χ4n) is 2.83. The van der Waals surface area contributed by atoms with Crippen molar-refractivity contribution in [2.45, 2.75) is 61.3 Å². The summed E-state index contributed by atoms with van der Waals surface area (Å²) in [6.07, 6.45) is -13.7. The van der Waals surface area contributed by atoms with Gasteiger partial charge in [-0.05, 0) is 7.05 Å². The van der Waals surface area contributed by atoms with Crippen LogP contribution < -0.4 is 5.32 Å². The lowest BCUT2D eigenvalue weighted by Crippen LogP contribution is -2.66. The summed E-state index contributed by atoms with van der Waals surface area (Å²) in [4.78, 5) is 0. The molecular weight excluding hydrogens is 330 g/mol. The summed E-state index contributed by atoms with van der Waals surface area (Å²) < 4.78 is 15.9. The summed E-state index contributed by atoms with van der Waals surface area (Å²) in [6, 6.07) is 0. The van der Waals surface area contributed by atoms with Crippen molar-refractivity contribution in [2.75, 3.05) is 20.3 Å². The molecule has 2 rings (SSSR count). The second kappa shape index (κ2) is 8.29. The highest BCUT2D eigenvalue weighted by molar-refractivity contribution is 4.94. The number of aliphatic hydroxyl groups is 7. The molecule has 0 spiro atoms. The molecule has 10 atom stereocenters. The molecule has 0 bridgehead atoms. The molecule has 142 valence electrons. The first-order valence-corrected chi connectivity index (χ1v) is 7.61. The summed E-state index contributed by atoms with van der Waals surface area (Å²) in [6.45, 7) is -1.19. The Morgan fingerprint density at radius 3 is 1.96 bits per heavy atom. The Morgan fingerprint density at radius 1 is 0.792 bits per heavy atom. The minimum absolute atomic E-state index is 0.552. The van der Waals surface area contributed by atoms with E-state index in [9.17, 15) is 30.6 Å². The quantitative estimate of drug-likeness (QED) is 0.236. The van der Waals surface area contributed by atoms with E-state index in [1.165, 1.54) is 7.05 Å². The molecule has 11 heteroatoms. The van der Waals surface area contributed by atoms with Gasteiger partial charge in [-0.25, -0.2) is 0 Å². The van der Waals surface area contributed by atoms with Gasteiger partial charge in [0.15, 0.2) is 6.29 Å². The molecule has 11 nitrogen and oxygen atoms in total. The van der Waals surface area contributed by atoms with Crippen LogP contribution in [0.15, 0.2) is 0 Å². The van der Waals surface area contributed by atoms with Gasteiger partial charge in [-0.2, -0.15) is 0 Å². The highest BCUT2D eigenvalue weighted by Crippen LogP contribution is 2.28. The summed E-state index contributed by atoms with van der Waals surface area (Å²) in [7, 11) is 1.49. The highest BCUT2D eigenvalue weighted by atomic mass is 16.7. The van der Waals surface area contributed by atoms with Gasteiger partial charge in [0.05, 0.1) is 13.2 Å². The average molecular weight is 355 g/mol. The van der Waals surface area contributed by atoms with Gasteiger partial charge >= 0.3 is 0 Å². The minimum atomic E-state index is -1.67. The van der Waals surface area contributed by atoms with E-state index in [2.05, 4.69) is 5.32 Å². The average Bonchev–Trinajstić information content (AvgIpc) is 2.59. The molecule has 8 N–H and O–H groups in total. The molecule has 2 saturated heterocycles. The molecule has 2 fully saturated rings. The van der Waals surface area contributed by atoms with Crippen LogP contribution in [0, 0.1) is 0 Å². The van der Waals surface area contributed by atoms with Gasteiger partial charge in [0.1, 0.15) is 55.1 Å². The zero-order valence-corrected chi connectivity index (χ0v) is 13.0. The number of nitrogens with one attached hydrogen (secondary N) is 1. The van der Waals surface area contributed by atoms with Crippen molar-refractivity contribution < 1.29 is 50.0 Å². The van der Waals surface area contributed by atoms with E-state index >= 15 is 0 Å². The molecule has 2 heterocycles. The summed E-state index contributed by atoms with van der Waals surface area (Å²) in [5, 5.41) is 70.8. The Morgan fingerprint density at radius 2 is 1.42 bits per heavy atom. The third kappa shape index (κ3) is 3.71. The van der Waals surface area contributed by atoms with Gasteiger partial charge in [0.2, 0.25) is 0 Å². The van der Waals surface area contributed by atoms with Crippen LogP contribution in [0.4, 0.5) is 0 Å². The Balaban J connectivity index is 2.12. The largest absolute Gasteiger partial charge is 0.394 e. The smallest absolute Gasteiger partial charge is 0.187 e. The summed E-state index contributed by atoms with van der Waals surface area (Å²) >= 11 is 0. The van der Waals surface area contributed by atoms with Gasteiger partial charge in [-0.3, -0.25) is 5.32 Å². The predicted octanol–water partition coefficient (Wildman–Crippen LogP) is -5.17. The Kier molecular flexibility index (Phi) is 6.87. The van der Waals surface area contributed by atoms with Gasteiger partial charge in [0.25, 0.3) is 0 Å². The number of hydrogen-bond acceptors (Lipinski definition) is 11. The van der Waals surface area contributed by atoms with Crippen molar-refractivity contribution in [3.05, 3.63) is 0 Å². The van der Waals surface area contributed by atoms with Crippen LogP contribution in [0.2, 0.25) is 0 Å². The number of rotatable bonds is 5. The fourth-order valence-corrected chi connectivity index (χ4v) is 2.83. The van der Waals surface area contributed by atoms with E-state index < -0.39 is 74.6 Å². The molecule has 0 aliphatic carbocycles. The van der Waals surface area contributed by atoms with E-state index in [0.29, 0.717) is 0 Å². The topological polar surface area (TPSA) is 181 Å². The van der Waals surface area contributed by atoms with Gasteiger partial charge < -0.3 is 50.0 Å². The van der Waals surface area contributed by atoms with E-state index in [1.807, 2.05) is 0 Å². The molecule has 0 saturated carbocycles. The van der Waals surface area contributed by atoms with Crippen molar-refractivity contribution in [1.82, 2.24) is 5.32 Å². The normalized spacial score (nSPS) is 50.0. The predicted molar refractivity (Wildman–Crippen MR) is 75.5 cm³/mol. The molecule has 2 aliphatic heterocycles. The van der Waals surface area contributed by atoms with Crippen molar-refractivity contribution in [3.8, 4) is 0 Å². The van der Waals surface area contributed by atoms with Gasteiger partial charge in [0, 0.05) is 0 Å². The zero-order valence-electron chi connectivity index (χ0n) is 13.0. The third-order valence-electron chi connectivity index (χ3n) is 4.29. The Labute approximate surface area is 138 Å². The molecule has 2 aliphatic rings. The Bertz CT molecular complexity index is 397. The summed E-state index contributed by atoms with van der Waals surface area (Å²) in [5.74, 6) is 0. The van der Waals surface area contributed by atoms with Crippen LogP contribution in [-0.4, -0.2) is 117 Å². The second-order valence-electron chi connectivity index (χ2n) is 5.85. The van der Waals surface area contributed by atoms with E-state index in [1.54, 1.807) is 0 Å². The van der Waals surface area contributed by atoms with Crippen LogP contribution >= 0.6 is 0 Å². The molecule has 24 heavy (non-hydrogen) atoms. The molecule has 9 unspecified atom stereocenters. The van der Waals surface area contributed by atoms with Crippen molar-refractivity contribution >= 4 is 0 Å². The van der Waals surface area contributed by atoms with E-state index in [4.69, 9.17) is 19.3 Å². The SMILES string of the molecule is CN[C@H]1OC(CO)C(OC2OC(CO)C(O)C(O)C2O)C(O)C1O. The van der Waals surface area contributed by atoms with E-state index in [-0.39, 0.29) is 0 Å². The van der Waals surface area contributed by atoms with Crippen LogP contribution in [0.5, 0.6) is 0 Å². The lowest BCUT2D eigenvalue weighted by molar-refractivity contribution is -0.343. The molecule has 0 radical (unpaired) electrons. The number of hydrogen-bond donors (Lipinski definition) is 8. The lowest BCUT2D eigenvalue weighted by atomic mass is 9.96. The maximum atomic E-state index is 10.2. The number of likely N-dealkylation sites (N-methyl/N-ethyl adjacent to an activating group) is 1. The van der Waals surface area contributed by atoms with Crippen LogP contribution in [0.25, 0.3) is 0 Å². The lowest BCUT2D eigenvalue weighted by Gasteiger charge is -2.46. The van der Waals surface area contributed by atoms with Gasteiger partial charge in [-0.1, -0.05) is 0 Å². The molecule has 0 aromatic carbocycles. The molecule has 0 aromatic rings. The standard InChI is InChI=1S/C13H25NO10/c1-14-12-9(20)8(19)11(5(3-16)22-12)24-13-10(21)7(18)6(17)4(2-15)23-13/h4-21H,2-3H2,1H3/t4?,5?,6?,7?,8?,9?,10?,11?,12-,13?/m0/s1. The third-order valence-corrected chi connectivity index (χ3v) is 4.29. The second-order valence-corrected chi connectivity index (χ2v) is 5.85. The van der Waals surface area contributed by atoms with Crippen molar-refractivity contribution in [1.29, 1.82) is 0 Å². The monoisotopic (exact) mass is 355 g/mol. The molecule has 0 amide bonds. The minimum Gasteiger partial charge on any atom is -0.394 e. The Hall–Kier alpha value is -0.440. The van der Waals surface area contributed by atoms with Crippen LogP contribution in [0.3, 0.4) is 0 Å². The first-order chi connectivity index (χ1) is 11.3. The van der Waals surface area contributed by atoms with Gasteiger partial charge in [-0.15, -0.1) is 0 Å². The molecular formula is C13H25NO10. The van der Waals surface area contributed by atoms with Crippen molar-refractivity contribution in [2.24, 2.45) is 0 Å². The van der Waals surface area contributed by atoms with Crippen LogP contribution in [0.1, 0.15) is 0 Å².